The third kappa shape index (κ3) is 7.97. The van der Waals surface area contributed by atoms with Crippen LogP contribution < -0.4 is 5.32 Å². The first-order chi connectivity index (χ1) is 18.6. The van der Waals surface area contributed by atoms with Crippen molar-refractivity contribution in [1.29, 1.82) is 0 Å². The highest BCUT2D eigenvalue weighted by Gasteiger charge is 2.27. The van der Waals surface area contributed by atoms with Crippen LogP contribution >= 0.6 is 23.2 Å². The van der Waals surface area contributed by atoms with Crippen molar-refractivity contribution in [3.63, 3.8) is 0 Å². The highest BCUT2D eigenvalue weighted by molar-refractivity contribution is 6.42. The molecule has 0 bridgehead atoms. The second kappa shape index (κ2) is 12.5. The Labute approximate surface area is 238 Å². The molecular weight excluding hydrogens is 537 g/mol. The second-order valence-electron chi connectivity index (χ2n) is 10.2. The first kappa shape index (κ1) is 28.5. The summed E-state index contributed by atoms with van der Waals surface area (Å²) >= 11 is 12.6. The van der Waals surface area contributed by atoms with Gasteiger partial charge in [0.05, 0.1) is 21.1 Å². The Kier molecular flexibility index (Phi) is 9.15. The van der Waals surface area contributed by atoms with Crippen LogP contribution in [-0.2, 0) is 33.8 Å². The van der Waals surface area contributed by atoms with E-state index in [-0.39, 0.29) is 13.0 Å². The van der Waals surface area contributed by atoms with Crippen LogP contribution in [0.25, 0.3) is 11.0 Å². The van der Waals surface area contributed by atoms with Crippen LogP contribution in [0, 0.1) is 0 Å². The molecule has 0 aliphatic rings. The Balaban J connectivity index is 1.58. The molecule has 7 nitrogen and oxygen atoms in total. The standard InChI is InChI=1S/C30H31Cl2N3O4/c1-30(2,3)39-29(37)34-24(28(36)38-19-21-12-8-5-9-13-21)14-15-27-33-25-16-22(31)23(32)17-26(25)35(27)18-20-10-6-4-7-11-20/h4-13,16-17,24H,14-15,18-19H2,1-3H3,(H,34,37)/t24-/m0/s1. The Morgan fingerprint density at radius 2 is 1.56 bits per heavy atom. The Morgan fingerprint density at radius 3 is 2.21 bits per heavy atom. The topological polar surface area (TPSA) is 82.5 Å². The van der Waals surface area contributed by atoms with Crippen LogP contribution in [0.3, 0.4) is 0 Å². The molecule has 39 heavy (non-hydrogen) atoms. The maximum absolute atomic E-state index is 13.1. The van der Waals surface area contributed by atoms with E-state index < -0.39 is 23.7 Å². The summed E-state index contributed by atoms with van der Waals surface area (Å²) in [7, 11) is 0. The SMILES string of the molecule is CC(C)(C)OC(=O)N[C@@H](CCc1nc2cc(Cl)c(Cl)cc2n1Cc1ccccc1)C(=O)OCc1ccccc1. The highest BCUT2D eigenvalue weighted by Crippen LogP contribution is 2.29. The van der Waals surface area contributed by atoms with Gasteiger partial charge in [-0.2, -0.15) is 0 Å². The van der Waals surface area contributed by atoms with Crippen molar-refractivity contribution >= 4 is 46.3 Å². The van der Waals surface area contributed by atoms with Gasteiger partial charge in [-0.25, -0.2) is 14.6 Å². The number of carbonyl (C=O) groups is 2. The van der Waals surface area contributed by atoms with E-state index >= 15 is 0 Å². The first-order valence-corrected chi connectivity index (χ1v) is 13.4. The van der Waals surface area contributed by atoms with E-state index in [1.54, 1.807) is 32.9 Å². The van der Waals surface area contributed by atoms with Gasteiger partial charge < -0.3 is 19.4 Å². The van der Waals surface area contributed by atoms with Crippen molar-refractivity contribution < 1.29 is 19.1 Å². The van der Waals surface area contributed by atoms with Crippen molar-refractivity contribution in [2.24, 2.45) is 0 Å². The number of halogens is 2. The maximum Gasteiger partial charge on any atom is 0.408 e. The predicted molar refractivity (Wildman–Crippen MR) is 153 cm³/mol. The number of imidazole rings is 1. The summed E-state index contributed by atoms with van der Waals surface area (Å²) in [5.74, 6) is 0.167. The quantitative estimate of drug-likeness (QED) is 0.221. The van der Waals surface area contributed by atoms with Gasteiger partial charge in [0.2, 0.25) is 0 Å². The average molecular weight is 569 g/mol. The predicted octanol–water partition coefficient (Wildman–Crippen LogP) is 6.96. The normalized spacial score (nSPS) is 12.2. The monoisotopic (exact) mass is 567 g/mol. The maximum atomic E-state index is 13.1. The summed E-state index contributed by atoms with van der Waals surface area (Å²) in [5, 5.41) is 3.53. The number of nitrogens with one attached hydrogen (secondary N) is 1. The molecule has 1 aromatic heterocycles. The molecule has 9 heteroatoms. The number of hydrogen-bond donors (Lipinski definition) is 1. The lowest BCUT2D eigenvalue weighted by molar-refractivity contribution is -0.147. The minimum Gasteiger partial charge on any atom is -0.459 e. The van der Waals surface area contributed by atoms with Crippen LogP contribution in [0.15, 0.2) is 72.8 Å². The third-order valence-electron chi connectivity index (χ3n) is 5.91. The number of hydrogen-bond acceptors (Lipinski definition) is 5. The van der Waals surface area contributed by atoms with Gasteiger partial charge in [-0.1, -0.05) is 83.9 Å². The third-order valence-corrected chi connectivity index (χ3v) is 6.63. The molecular formula is C30H31Cl2N3O4. The molecule has 4 aromatic rings. The molecule has 0 unspecified atom stereocenters. The number of esters is 1. The van der Waals surface area contributed by atoms with Crippen molar-refractivity contribution in [3.05, 3.63) is 99.8 Å². The number of carbonyl (C=O) groups excluding carboxylic acids is 2. The zero-order valence-electron chi connectivity index (χ0n) is 22.1. The molecule has 204 valence electrons. The lowest BCUT2D eigenvalue weighted by Crippen LogP contribution is -2.44. The van der Waals surface area contributed by atoms with E-state index in [2.05, 4.69) is 5.32 Å². The molecule has 0 fully saturated rings. The van der Waals surface area contributed by atoms with Crippen molar-refractivity contribution in [1.82, 2.24) is 14.9 Å². The van der Waals surface area contributed by atoms with E-state index in [0.717, 1.165) is 22.5 Å². The fraction of sp³-hybridized carbons (Fsp3) is 0.300. The average Bonchev–Trinajstić information content (AvgIpc) is 3.21. The van der Waals surface area contributed by atoms with Crippen LogP contribution in [0.4, 0.5) is 4.79 Å². The van der Waals surface area contributed by atoms with E-state index in [4.69, 9.17) is 37.7 Å². The number of fused-ring (bicyclic) bond motifs is 1. The first-order valence-electron chi connectivity index (χ1n) is 12.7. The van der Waals surface area contributed by atoms with Gasteiger partial charge in [0.25, 0.3) is 0 Å². The number of aromatic nitrogens is 2. The number of aryl methyl sites for hydroxylation is 1. The van der Waals surface area contributed by atoms with E-state index in [1.807, 2.05) is 65.2 Å². The summed E-state index contributed by atoms with van der Waals surface area (Å²) in [5.41, 5.74) is 2.73. The number of rotatable bonds is 9. The van der Waals surface area contributed by atoms with Crippen LogP contribution in [0.1, 0.15) is 44.1 Å². The van der Waals surface area contributed by atoms with Gasteiger partial charge in [0.15, 0.2) is 0 Å². The number of alkyl carbamates (subject to hydrolysis) is 1. The summed E-state index contributed by atoms with van der Waals surface area (Å²) in [6, 6.07) is 21.9. The fourth-order valence-electron chi connectivity index (χ4n) is 4.10. The minimum absolute atomic E-state index is 0.0929. The second-order valence-corrected chi connectivity index (χ2v) is 11.0. The van der Waals surface area contributed by atoms with Gasteiger partial charge in [0.1, 0.15) is 24.1 Å². The van der Waals surface area contributed by atoms with Gasteiger partial charge in [-0.15, -0.1) is 0 Å². The summed E-state index contributed by atoms with van der Waals surface area (Å²) in [4.78, 5) is 30.5. The van der Waals surface area contributed by atoms with E-state index in [0.29, 0.717) is 28.5 Å². The lowest BCUT2D eigenvalue weighted by Gasteiger charge is -2.23. The number of amides is 1. The largest absolute Gasteiger partial charge is 0.459 e. The molecule has 0 saturated carbocycles. The Hall–Kier alpha value is -3.55. The van der Waals surface area contributed by atoms with Gasteiger partial charge in [-0.05, 0) is 50.5 Å². The number of nitrogens with zero attached hydrogens (tertiary/aromatic N) is 2. The zero-order valence-corrected chi connectivity index (χ0v) is 23.6. The molecule has 0 saturated heterocycles. The van der Waals surface area contributed by atoms with Crippen molar-refractivity contribution in [2.75, 3.05) is 0 Å². The summed E-state index contributed by atoms with van der Waals surface area (Å²) in [6.07, 6.45) is -0.0788. The van der Waals surface area contributed by atoms with Crippen molar-refractivity contribution in [2.45, 2.75) is 58.4 Å². The Morgan fingerprint density at radius 1 is 0.949 bits per heavy atom. The van der Waals surface area contributed by atoms with Gasteiger partial charge in [0, 0.05) is 13.0 Å². The number of ether oxygens (including phenoxy) is 2. The molecule has 4 rings (SSSR count). The highest BCUT2D eigenvalue weighted by atomic mass is 35.5. The fourth-order valence-corrected chi connectivity index (χ4v) is 4.42. The molecule has 0 aliphatic heterocycles. The minimum atomic E-state index is -0.944. The van der Waals surface area contributed by atoms with Crippen LogP contribution in [-0.4, -0.2) is 33.3 Å². The van der Waals surface area contributed by atoms with E-state index in [1.165, 1.54) is 0 Å². The summed E-state index contributed by atoms with van der Waals surface area (Å²) in [6.45, 7) is 5.93. The van der Waals surface area contributed by atoms with E-state index in [9.17, 15) is 9.59 Å². The van der Waals surface area contributed by atoms with Crippen LogP contribution in [0.2, 0.25) is 10.0 Å². The molecule has 1 atom stereocenters. The van der Waals surface area contributed by atoms with Gasteiger partial charge in [-0.3, -0.25) is 0 Å². The molecule has 0 spiro atoms. The Bertz CT molecular complexity index is 1430. The summed E-state index contributed by atoms with van der Waals surface area (Å²) < 4.78 is 13.0. The molecule has 0 aliphatic carbocycles. The zero-order chi connectivity index (χ0) is 28.0. The van der Waals surface area contributed by atoms with Gasteiger partial charge >= 0.3 is 12.1 Å². The lowest BCUT2D eigenvalue weighted by atomic mass is 10.1. The molecule has 0 radical (unpaired) electrons. The molecule has 3 aromatic carbocycles. The van der Waals surface area contributed by atoms with Crippen molar-refractivity contribution in [3.8, 4) is 0 Å². The number of benzene rings is 3. The molecule has 1 amide bonds. The molecule has 1 N–H and O–H groups in total. The smallest absolute Gasteiger partial charge is 0.408 e. The molecule has 1 heterocycles. The van der Waals surface area contributed by atoms with Crippen LogP contribution in [0.5, 0.6) is 0 Å².